The number of phenols is 3. The highest BCUT2D eigenvalue weighted by Gasteiger charge is 2.18. The quantitative estimate of drug-likeness (QED) is 0.478. The predicted octanol–water partition coefficient (Wildman–Crippen LogP) is 4.34. The highest BCUT2D eigenvalue weighted by atomic mass is 16.3. The standard InChI is InChI=1S/C21H14O4/c22-16-7-4-13-9-15(2-1-14(13)10-16)21(25)20-18-11-17(23)6-3-12(18)5-8-19(20)24/h1-11,22-24H. The van der Waals surface area contributed by atoms with Crippen LogP contribution < -0.4 is 0 Å². The van der Waals surface area contributed by atoms with Gasteiger partial charge in [-0.25, -0.2) is 0 Å². The van der Waals surface area contributed by atoms with Crippen LogP contribution in [0.2, 0.25) is 0 Å². The first kappa shape index (κ1) is 15.0. The average Bonchev–Trinajstić information content (AvgIpc) is 2.60. The molecule has 0 spiro atoms. The number of ketones is 1. The van der Waals surface area contributed by atoms with Crippen molar-refractivity contribution < 1.29 is 20.1 Å². The summed E-state index contributed by atoms with van der Waals surface area (Å²) in [5, 5.41) is 32.4. The Kier molecular flexibility index (Phi) is 3.32. The Morgan fingerprint density at radius 2 is 1.24 bits per heavy atom. The average molecular weight is 330 g/mol. The predicted molar refractivity (Wildman–Crippen MR) is 96.3 cm³/mol. The van der Waals surface area contributed by atoms with Gasteiger partial charge in [-0.1, -0.05) is 30.3 Å². The van der Waals surface area contributed by atoms with Gasteiger partial charge in [0.05, 0.1) is 5.56 Å². The van der Waals surface area contributed by atoms with E-state index in [1.807, 2.05) is 0 Å². The lowest BCUT2D eigenvalue weighted by Gasteiger charge is -2.10. The van der Waals surface area contributed by atoms with Crippen LogP contribution in [-0.4, -0.2) is 21.1 Å². The summed E-state index contributed by atoms with van der Waals surface area (Å²) >= 11 is 0. The van der Waals surface area contributed by atoms with Gasteiger partial charge in [-0.15, -0.1) is 0 Å². The number of hydrogen-bond acceptors (Lipinski definition) is 4. The van der Waals surface area contributed by atoms with Crippen molar-refractivity contribution >= 4 is 27.3 Å². The Morgan fingerprint density at radius 1 is 0.640 bits per heavy atom. The summed E-state index contributed by atoms with van der Waals surface area (Å²) in [4.78, 5) is 13.0. The summed E-state index contributed by atoms with van der Waals surface area (Å²) in [5.74, 6) is -0.271. The maximum atomic E-state index is 13.0. The zero-order valence-corrected chi connectivity index (χ0v) is 13.1. The highest BCUT2D eigenvalue weighted by molar-refractivity contribution is 6.19. The van der Waals surface area contributed by atoms with Crippen LogP contribution in [0, 0.1) is 0 Å². The van der Waals surface area contributed by atoms with E-state index in [2.05, 4.69) is 0 Å². The van der Waals surface area contributed by atoms with Gasteiger partial charge < -0.3 is 15.3 Å². The molecule has 0 amide bonds. The number of benzene rings is 4. The first-order valence-electron chi connectivity index (χ1n) is 7.75. The molecule has 4 aromatic rings. The van der Waals surface area contributed by atoms with Crippen LogP contribution in [0.5, 0.6) is 17.2 Å². The second-order valence-electron chi connectivity index (χ2n) is 5.94. The third-order valence-corrected chi connectivity index (χ3v) is 4.30. The number of aromatic hydroxyl groups is 3. The lowest BCUT2D eigenvalue weighted by molar-refractivity contribution is 0.103. The number of carbonyl (C=O) groups is 1. The monoisotopic (exact) mass is 330 g/mol. The highest BCUT2D eigenvalue weighted by Crippen LogP contribution is 2.32. The van der Waals surface area contributed by atoms with Crippen LogP contribution in [0.15, 0.2) is 66.7 Å². The van der Waals surface area contributed by atoms with Crippen LogP contribution in [0.4, 0.5) is 0 Å². The Balaban J connectivity index is 1.91. The summed E-state index contributed by atoms with van der Waals surface area (Å²) in [6.07, 6.45) is 0. The van der Waals surface area contributed by atoms with Crippen molar-refractivity contribution in [3.63, 3.8) is 0 Å². The van der Waals surface area contributed by atoms with Crippen molar-refractivity contribution in [2.75, 3.05) is 0 Å². The molecule has 0 bridgehead atoms. The number of fused-ring (bicyclic) bond motifs is 2. The maximum Gasteiger partial charge on any atom is 0.197 e. The molecule has 0 aromatic heterocycles. The number of carbonyl (C=O) groups excluding carboxylic acids is 1. The molecule has 0 aliphatic heterocycles. The third kappa shape index (κ3) is 2.54. The molecule has 4 rings (SSSR count). The SMILES string of the molecule is O=C(c1ccc2cc(O)ccc2c1)c1c(O)ccc2ccc(O)cc12. The molecule has 0 radical (unpaired) electrons. The van der Waals surface area contributed by atoms with Crippen LogP contribution in [0.3, 0.4) is 0 Å². The van der Waals surface area contributed by atoms with Gasteiger partial charge in [-0.3, -0.25) is 4.79 Å². The molecule has 4 heteroatoms. The van der Waals surface area contributed by atoms with Gasteiger partial charge in [0.15, 0.2) is 5.78 Å². The van der Waals surface area contributed by atoms with E-state index in [4.69, 9.17) is 0 Å². The van der Waals surface area contributed by atoms with Crippen molar-refractivity contribution in [3.05, 3.63) is 77.9 Å². The van der Waals surface area contributed by atoms with E-state index in [-0.39, 0.29) is 28.6 Å². The molecule has 0 atom stereocenters. The molecule has 25 heavy (non-hydrogen) atoms. The molecule has 0 saturated heterocycles. The van der Waals surface area contributed by atoms with Crippen molar-refractivity contribution in [1.82, 2.24) is 0 Å². The van der Waals surface area contributed by atoms with E-state index in [0.717, 1.165) is 16.2 Å². The Morgan fingerprint density at radius 3 is 2.04 bits per heavy atom. The Bertz CT molecular complexity index is 1140. The fraction of sp³-hybridized carbons (Fsp3) is 0. The molecule has 0 saturated carbocycles. The molecule has 0 heterocycles. The maximum absolute atomic E-state index is 13.0. The zero-order valence-electron chi connectivity index (χ0n) is 13.1. The van der Waals surface area contributed by atoms with E-state index < -0.39 is 0 Å². The largest absolute Gasteiger partial charge is 0.508 e. The van der Waals surface area contributed by atoms with E-state index in [9.17, 15) is 20.1 Å². The molecule has 0 aliphatic carbocycles. The molecule has 0 fully saturated rings. The molecule has 4 aromatic carbocycles. The van der Waals surface area contributed by atoms with Gasteiger partial charge in [0.25, 0.3) is 0 Å². The van der Waals surface area contributed by atoms with Gasteiger partial charge in [0.1, 0.15) is 17.2 Å². The summed E-state index contributed by atoms with van der Waals surface area (Å²) in [6, 6.07) is 17.9. The van der Waals surface area contributed by atoms with Crippen molar-refractivity contribution in [3.8, 4) is 17.2 Å². The molecular weight excluding hydrogens is 316 g/mol. The van der Waals surface area contributed by atoms with Gasteiger partial charge >= 0.3 is 0 Å². The first-order chi connectivity index (χ1) is 12.0. The van der Waals surface area contributed by atoms with E-state index >= 15 is 0 Å². The number of rotatable bonds is 2. The minimum atomic E-state index is -0.330. The number of phenolic OH excluding ortho intramolecular Hbond substituents is 3. The smallest absolute Gasteiger partial charge is 0.197 e. The van der Waals surface area contributed by atoms with Crippen molar-refractivity contribution in [1.29, 1.82) is 0 Å². The molecule has 4 nitrogen and oxygen atoms in total. The van der Waals surface area contributed by atoms with Gasteiger partial charge in [0.2, 0.25) is 0 Å². The molecule has 122 valence electrons. The van der Waals surface area contributed by atoms with Crippen LogP contribution in [-0.2, 0) is 0 Å². The van der Waals surface area contributed by atoms with Crippen LogP contribution in [0.25, 0.3) is 21.5 Å². The fourth-order valence-electron chi connectivity index (χ4n) is 3.05. The van der Waals surface area contributed by atoms with Crippen LogP contribution in [0.1, 0.15) is 15.9 Å². The molecule has 0 aliphatic rings. The van der Waals surface area contributed by atoms with E-state index in [0.29, 0.717) is 10.9 Å². The lowest BCUT2D eigenvalue weighted by atomic mass is 9.94. The molecule has 0 unspecified atom stereocenters. The zero-order chi connectivity index (χ0) is 17.6. The lowest BCUT2D eigenvalue weighted by Crippen LogP contribution is -2.03. The van der Waals surface area contributed by atoms with Gasteiger partial charge in [-0.05, 0) is 52.6 Å². The minimum Gasteiger partial charge on any atom is -0.508 e. The van der Waals surface area contributed by atoms with Crippen LogP contribution >= 0.6 is 0 Å². The Hall–Kier alpha value is -3.53. The molecular formula is C21H14O4. The summed E-state index contributed by atoms with van der Waals surface area (Å²) in [6.45, 7) is 0. The summed E-state index contributed by atoms with van der Waals surface area (Å²) in [7, 11) is 0. The second kappa shape index (κ2) is 5.53. The summed E-state index contributed by atoms with van der Waals surface area (Å²) in [5.41, 5.74) is 0.580. The first-order valence-corrected chi connectivity index (χ1v) is 7.75. The summed E-state index contributed by atoms with van der Waals surface area (Å²) < 4.78 is 0. The third-order valence-electron chi connectivity index (χ3n) is 4.30. The van der Waals surface area contributed by atoms with E-state index in [1.54, 1.807) is 48.5 Å². The molecule has 3 N–H and O–H groups in total. The Labute approximate surface area is 143 Å². The van der Waals surface area contributed by atoms with Crippen molar-refractivity contribution in [2.24, 2.45) is 0 Å². The van der Waals surface area contributed by atoms with Gasteiger partial charge in [-0.2, -0.15) is 0 Å². The second-order valence-corrected chi connectivity index (χ2v) is 5.94. The minimum absolute atomic E-state index is 0.0288. The topological polar surface area (TPSA) is 77.8 Å². The normalized spacial score (nSPS) is 11.0. The number of hydrogen-bond donors (Lipinski definition) is 3. The fourth-order valence-corrected chi connectivity index (χ4v) is 3.05. The van der Waals surface area contributed by atoms with Gasteiger partial charge in [0, 0.05) is 10.9 Å². The van der Waals surface area contributed by atoms with Crippen molar-refractivity contribution in [2.45, 2.75) is 0 Å². The van der Waals surface area contributed by atoms with E-state index in [1.165, 1.54) is 18.2 Å².